The van der Waals surface area contributed by atoms with Gasteiger partial charge in [-0.05, 0) is 55.5 Å². The molecule has 0 radical (unpaired) electrons. The third kappa shape index (κ3) is 4.06. The molecule has 1 N–H and O–H groups in total. The highest BCUT2D eigenvalue weighted by atomic mass is 32.2. The predicted octanol–water partition coefficient (Wildman–Crippen LogP) is 4.47. The number of benzene rings is 1. The highest BCUT2D eigenvalue weighted by Crippen LogP contribution is 2.36. The third-order valence-corrected chi connectivity index (χ3v) is 7.17. The molecule has 0 spiro atoms. The molecule has 27 heavy (non-hydrogen) atoms. The molecule has 1 atom stereocenters. The van der Waals surface area contributed by atoms with Gasteiger partial charge in [0.25, 0.3) is 0 Å². The van der Waals surface area contributed by atoms with E-state index < -0.39 is 10.0 Å². The third-order valence-electron chi connectivity index (χ3n) is 5.52. The van der Waals surface area contributed by atoms with Crippen LogP contribution in [0.4, 0.5) is 5.69 Å². The molecule has 3 heterocycles. The lowest BCUT2D eigenvalue weighted by Crippen LogP contribution is -2.41. The summed E-state index contributed by atoms with van der Waals surface area (Å²) >= 11 is 0. The van der Waals surface area contributed by atoms with Gasteiger partial charge in [0.05, 0.1) is 12.0 Å². The van der Waals surface area contributed by atoms with E-state index in [0.717, 1.165) is 29.5 Å². The molecule has 0 amide bonds. The van der Waals surface area contributed by atoms with E-state index in [4.69, 9.17) is 4.42 Å². The van der Waals surface area contributed by atoms with Gasteiger partial charge in [-0.3, -0.25) is 9.62 Å². The summed E-state index contributed by atoms with van der Waals surface area (Å²) in [5, 5.41) is 0.982. The summed E-state index contributed by atoms with van der Waals surface area (Å²) in [5.41, 5.74) is 3.81. The maximum absolute atomic E-state index is 12.3. The second-order valence-electron chi connectivity index (χ2n) is 8.22. The molecule has 1 aromatic heterocycles. The van der Waals surface area contributed by atoms with Crippen LogP contribution in [0.25, 0.3) is 16.5 Å². The standard InChI is InChI=1S/C21H28N2O3S/c1-15(2)14-27(24,25)22-17-6-7-21-19(12-17)20(13-26-21)16-8-10-23-9-4-3-5-18(23)11-16/h6-8,12-13,15,18,22H,3-5,9-11,14H2,1-2H3. The van der Waals surface area contributed by atoms with Gasteiger partial charge >= 0.3 is 0 Å². The van der Waals surface area contributed by atoms with Crippen molar-refractivity contribution in [3.8, 4) is 0 Å². The predicted molar refractivity (Wildman–Crippen MR) is 110 cm³/mol. The highest BCUT2D eigenvalue weighted by molar-refractivity contribution is 7.92. The molecule has 146 valence electrons. The summed E-state index contributed by atoms with van der Waals surface area (Å²) in [5.74, 6) is 0.202. The number of sulfonamides is 1. The molecule has 2 aliphatic rings. The maximum atomic E-state index is 12.3. The van der Waals surface area contributed by atoms with Crippen LogP contribution < -0.4 is 4.72 Å². The number of furan rings is 1. The number of piperidine rings is 1. The topological polar surface area (TPSA) is 62.6 Å². The van der Waals surface area contributed by atoms with Crippen LogP contribution in [0, 0.1) is 5.92 Å². The van der Waals surface area contributed by atoms with E-state index in [1.54, 1.807) is 6.07 Å². The van der Waals surface area contributed by atoms with Crippen molar-refractivity contribution in [1.82, 2.24) is 4.90 Å². The van der Waals surface area contributed by atoms with Gasteiger partial charge in [0.15, 0.2) is 0 Å². The largest absolute Gasteiger partial charge is 0.464 e. The van der Waals surface area contributed by atoms with Crippen LogP contribution >= 0.6 is 0 Å². The van der Waals surface area contributed by atoms with Crippen molar-refractivity contribution < 1.29 is 12.8 Å². The molecular formula is C21H28N2O3S. The Morgan fingerprint density at radius 3 is 2.96 bits per heavy atom. The Hall–Kier alpha value is -1.79. The first kappa shape index (κ1) is 18.6. The zero-order valence-corrected chi connectivity index (χ0v) is 16.9. The van der Waals surface area contributed by atoms with Crippen molar-refractivity contribution >= 4 is 32.3 Å². The molecule has 0 aliphatic carbocycles. The molecule has 1 unspecified atom stereocenters. The fourth-order valence-corrected chi connectivity index (χ4v) is 5.76. The van der Waals surface area contributed by atoms with Gasteiger partial charge in [-0.2, -0.15) is 0 Å². The van der Waals surface area contributed by atoms with Crippen LogP contribution in [0.15, 0.2) is 35.0 Å². The van der Waals surface area contributed by atoms with Crippen LogP contribution in [0.1, 0.15) is 45.1 Å². The fraction of sp³-hybridized carbons (Fsp3) is 0.524. The number of nitrogens with zero attached hydrogens (tertiary/aromatic N) is 1. The lowest BCUT2D eigenvalue weighted by Gasteiger charge is -2.38. The van der Waals surface area contributed by atoms with Crippen molar-refractivity contribution in [2.45, 2.75) is 45.6 Å². The number of rotatable bonds is 5. The van der Waals surface area contributed by atoms with Crippen LogP contribution in [0.2, 0.25) is 0 Å². The van der Waals surface area contributed by atoms with Gasteiger partial charge in [-0.25, -0.2) is 8.42 Å². The average molecular weight is 389 g/mol. The molecule has 2 aromatic rings. The summed E-state index contributed by atoms with van der Waals surface area (Å²) in [6.07, 6.45) is 9.03. The average Bonchev–Trinajstić information content (AvgIpc) is 3.03. The van der Waals surface area contributed by atoms with Gasteiger partial charge in [0, 0.05) is 29.2 Å². The van der Waals surface area contributed by atoms with E-state index in [1.807, 2.05) is 32.2 Å². The molecular weight excluding hydrogens is 360 g/mol. The number of hydrogen-bond acceptors (Lipinski definition) is 4. The monoisotopic (exact) mass is 388 g/mol. The fourth-order valence-electron chi connectivity index (χ4n) is 4.32. The van der Waals surface area contributed by atoms with E-state index in [0.29, 0.717) is 11.7 Å². The van der Waals surface area contributed by atoms with E-state index in [-0.39, 0.29) is 11.7 Å². The summed E-state index contributed by atoms with van der Waals surface area (Å²) in [7, 11) is -3.34. The van der Waals surface area contributed by atoms with E-state index >= 15 is 0 Å². The Morgan fingerprint density at radius 2 is 2.15 bits per heavy atom. The molecule has 5 nitrogen and oxygen atoms in total. The van der Waals surface area contributed by atoms with E-state index in [2.05, 4.69) is 15.7 Å². The summed E-state index contributed by atoms with van der Waals surface area (Å²) in [4.78, 5) is 2.57. The molecule has 0 bridgehead atoms. The van der Waals surface area contributed by atoms with Gasteiger partial charge in [-0.1, -0.05) is 26.3 Å². The zero-order valence-electron chi connectivity index (χ0n) is 16.1. The first-order valence-electron chi connectivity index (χ1n) is 9.86. The van der Waals surface area contributed by atoms with Crippen molar-refractivity contribution in [1.29, 1.82) is 0 Å². The Morgan fingerprint density at radius 1 is 1.30 bits per heavy atom. The van der Waals surface area contributed by atoms with Gasteiger partial charge in [0.2, 0.25) is 10.0 Å². The minimum absolute atomic E-state index is 0.0848. The molecule has 1 saturated heterocycles. The summed E-state index contributed by atoms with van der Waals surface area (Å²) < 4.78 is 33.0. The molecule has 0 saturated carbocycles. The minimum atomic E-state index is -3.34. The number of nitrogens with one attached hydrogen (secondary N) is 1. The summed E-state index contributed by atoms with van der Waals surface area (Å²) in [6, 6.07) is 6.14. The van der Waals surface area contributed by atoms with Gasteiger partial charge in [0.1, 0.15) is 5.58 Å². The highest BCUT2D eigenvalue weighted by Gasteiger charge is 2.27. The quantitative estimate of drug-likeness (QED) is 0.821. The van der Waals surface area contributed by atoms with Crippen molar-refractivity contribution in [3.63, 3.8) is 0 Å². The van der Waals surface area contributed by atoms with Gasteiger partial charge in [-0.15, -0.1) is 0 Å². The Balaban J connectivity index is 1.62. The summed E-state index contributed by atoms with van der Waals surface area (Å²) in [6.45, 7) is 6.00. The van der Waals surface area contributed by atoms with Crippen LogP contribution in [-0.2, 0) is 10.0 Å². The number of hydrogen-bond donors (Lipinski definition) is 1. The molecule has 2 aliphatic heterocycles. The first-order valence-corrected chi connectivity index (χ1v) is 11.5. The van der Waals surface area contributed by atoms with Crippen LogP contribution in [0.5, 0.6) is 0 Å². The minimum Gasteiger partial charge on any atom is -0.464 e. The lowest BCUT2D eigenvalue weighted by molar-refractivity contribution is 0.161. The second kappa shape index (κ2) is 7.32. The van der Waals surface area contributed by atoms with Crippen LogP contribution in [0.3, 0.4) is 0 Å². The second-order valence-corrected chi connectivity index (χ2v) is 9.98. The maximum Gasteiger partial charge on any atom is 0.232 e. The SMILES string of the molecule is CC(C)CS(=O)(=O)Nc1ccc2occ(C3=CCN4CCCCC4C3)c2c1. The van der Waals surface area contributed by atoms with Crippen molar-refractivity contribution in [2.24, 2.45) is 5.92 Å². The molecule has 6 heteroatoms. The molecule has 1 aromatic carbocycles. The van der Waals surface area contributed by atoms with Crippen molar-refractivity contribution in [3.05, 3.63) is 36.1 Å². The Labute approximate surface area is 161 Å². The normalized spacial score (nSPS) is 21.3. The molecule has 4 rings (SSSR count). The number of fused-ring (bicyclic) bond motifs is 2. The number of anilines is 1. The van der Waals surface area contributed by atoms with E-state index in [9.17, 15) is 8.42 Å². The lowest BCUT2D eigenvalue weighted by atomic mass is 9.89. The van der Waals surface area contributed by atoms with Crippen molar-refractivity contribution in [2.75, 3.05) is 23.6 Å². The molecule has 1 fully saturated rings. The first-order chi connectivity index (χ1) is 12.9. The zero-order chi connectivity index (χ0) is 19.0. The van der Waals surface area contributed by atoms with Gasteiger partial charge < -0.3 is 4.42 Å². The van der Waals surface area contributed by atoms with E-state index in [1.165, 1.54) is 31.4 Å². The van der Waals surface area contributed by atoms with Crippen LogP contribution in [-0.4, -0.2) is 38.2 Å². The Bertz CT molecular complexity index is 959. The Kier molecular flexibility index (Phi) is 5.03. The smallest absolute Gasteiger partial charge is 0.232 e.